The van der Waals surface area contributed by atoms with Gasteiger partial charge in [-0.3, -0.25) is 9.35 Å². The molecule has 2 unspecified atom stereocenters. The van der Waals surface area contributed by atoms with Crippen molar-refractivity contribution >= 4 is 22.3 Å². The van der Waals surface area contributed by atoms with E-state index in [2.05, 4.69) is 4.18 Å². The van der Waals surface area contributed by atoms with Crippen molar-refractivity contribution in [2.24, 2.45) is 0 Å². The van der Waals surface area contributed by atoms with Gasteiger partial charge >= 0.3 is 16.4 Å². The van der Waals surface area contributed by atoms with Crippen molar-refractivity contribution in [3.05, 3.63) is 11.3 Å². The number of rotatable bonds is 4. The molecule has 0 aromatic heterocycles. The molecule has 0 aliphatic carbocycles. The monoisotopic (exact) mass is 277 g/mol. The van der Waals surface area contributed by atoms with Crippen molar-refractivity contribution in [3.63, 3.8) is 0 Å². The van der Waals surface area contributed by atoms with E-state index in [4.69, 9.17) is 9.66 Å². The van der Waals surface area contributed by atoms with E-state index in [1.807, 2.05) is 0 Å². The van der Waals surface area contributed by atoms with E-state index >= 15 is 0 Å². The predicted octanol–water partition coefficient (Wildman–Crippen LogP) is -0.462. The normalized spacial score (nSPS) is 24.9. The maximum absolute atomic E-state index is 11.3. The Bertz CT molecular complexity index is 549. The van der Waals surface area contributed by atoms with Gasteiger partial charge in [0.25, 0.3) is 0 Å². The van der Waals surface area contributed by atoms with Gasteiger partial charge in [0.15, 0.2) is 0 Å². The molecule has 8 nitrogen and oxygen atoms in total. The maximum atomic E-state index is 11.3. The zero-order valence-corrected chi connectivity index (χ0v) is 10.2. The van der Waals surface area contributed by atoms with Crippen molar-refractivity contribution in [2.45, 2.75) is 31.9 Å². The molecule has 2 aliphatic rings. The highest BCUT2D eigenvalue weighted by molar-refractivity contribution is 7.80. The molecule has 9 heteroatoms. The van der Waals surface area contributed by atoms with Crippen LogP contribution in [0.15, 0.2) is 11.3 Å². The van der Waals surface area contributed by atoms with E-state index in [9.17, 15) is 18.0 Å². The van der Waals surface area contributed by atoms with Crippen LogP contribution in [0.3, 0.4) is 0 Å². The lowest BCUT2D eigenvalue weighted by Gasteiger charge is -2.35. The highest BCUT2D eigenvalue weighted by atomic mass is 32.3. The zero-order chi connectivity index (χ0) is 13.7. The summed E-state index contributed by atoms with van der Waals surface area (Å²) in [6, 6.07) is -0.244. The molecule has 1 amide bonds. The third-order valence-electron chi connectivity index (χ3n) is 3.00. The molecule has 18 heavy (non-hydrogen) atoms. The Morgan fingerprint density at radius 1 is 1.50 bits per heavy atom. The van der Waals surface area contributed by atoms with Crippen molar-refractivity contribution < 1.29 is 31.8 Å². The molecule has 100 valence electrons. The fraction of sp³-hybridized carbons (Fsp3) is 0.556. The van der Waals surface area contributed by atoms with Crippen LogP contribution in [0.25, 0.3) is 0 Å². The van der Waals surface area contributed by atoms with Gasteiger partial charge in [0, 0.05) is 12.5 Å². The lowest BCUT2D eigenvalue weighted by molar-refractivity contribution is -0.147. The topological polar surface area (TPSA) is 121 Å². The van der Waals surface area contributed by atoms with Crippen LogP contribution < -0.4 is 0 Å². The standard InChI is InChI=1S/C9H11NO7S/c1-4(17-18(14,15)16)6-2-5-3-7(11)10(5)8(6)9(12)13/h4-5H,2-3H2,1H3,(H,12,13)(H,14,15,16). The summed E-state index contributed by atoms with van der Waals surface area (Å²) < 4.78 is 34.1. The van der Waals surface area contributed by atoms with Gasteiger partial charge in [0.2, 0.25) is 5.91 Å². The Morgan fingerprint density at radius 3 is 2.56 bits per heavy atom. The Kier molecular flexibility index (Phi) is 2.92. The Balaban J connectivity index is 2.31. The number of hydrogen-bond acceptors (Lipinski definition) is 5. The summed E-state index contributed by atoms with van der Waals surface area (Å²) in [5.41, 5.74) is -0.0524. The minimum absolute atomic E-state index is 0.191. The molecule has 2 heterocycles. The fourth-order valence-corrected chi connectivity index (χ4v) is 2.78. The first-order chi connectivity index (χ1) is 8.20. The molecule has 1 saturated heterocycles. The van der Waals surface area contributed by atoms with Crippen molar-refractivity contribution in [2.75, 3.05) is 0 Å². The molecule has 2 rings (SSSR count). The number of carbonyl (C=O) groups excluding carboxylic acids is 1. The van der Waals surface area contributed by atoms with Gasteiger partial charge < -0.3 is 10.0 Å². The van der Waals surface area contributed by atoms with Crippen LogP contribution in [0, 0.1) is 0 Å². The molecule has 0 bridgehead atoms. The van der Waals surface area contributed by atoms with Gasteiger partial charge in [0.1, 0.15) is 11.8 Å². The SMILES string of the molecule is CC(OS(=O)(=O)O)C1=C(C(=O)O)N2C(=O)CC2C1. The zero-order valence-electron chi connectivity index (χ0n) is 9.36. The number of carbonyl (C=O) groups is 2. The highest BCUT2D eigenvalue weighted by Gasteiger charge is 2.48. The van der Waals surface area contributed by atoms with Gasteiger partial charge in [-0.15, -0.1) is 0 Å². The number of aliphatic carboxylic acids is 1. The average Bonchev–Trinajstić information content (AvgIpc) is 2.48. The average molecular weight is 277 g/mol. The molecule has 2 N–H and O–H groups in total. The summed E-state index contributed by atoms with van der Waals surface area (Å²) in [6.45, 7) is 1.31. The maximum Gasteiger partial charge on any atom is 0.397 e. The summed E-state index contributed by atoms with van der Waals surface area (Å²) in [7, 11) is -4.67. The van der Waals surface area contributed by atoms with Gasteiger partial charge in [-0.2, -0.15) is 8.42 Å². The first-order valence-electron chi connectivity index (χ1n) is 5.15. The third kappa shape index (κ3) is 2.11. The molecule has 0 aromatic rings. The minimum atomic E-state index is -4.67. The fourth-order valence-electron chi connectivity index (χ4n) is 2.30. The molecule has 0 radical (unpaired) electrons. The number of β-lactam (4-membered cyclic amide) rings is 1. The number of carboxylic acid groups (broad SMARTS) is 1. The van der Waals surface area contributed by atoms with E-state index in [0.717, 1.165) is 4.90 Å². The third-order valence-corrected chi connectivity index (χ3v) is 3.54. The highest BCUT2D eigenvalue weighted by Crippen LogP contribution is 2.40. The largest absolute Gasteiger partial charge is 0.477 e. The van der Waals surface area contributed by atoms with Crippen LogP contribution in [0.1, 0.15) is 19.8 Å². The minimum Gasteiger partial charge on any atom is -0.477 e. The Labute approximate surface area is 103 Å². The molecule has 2 aliphatic heterocycles. The number of hydrogen-bond donors (Lipinski definition) is 2. The van der Waals surface area contributed by atoms with Crippen LogP contribution in [0.5, 0.6) is 0 Å². The van der Waals surface area contributed by atoms with Crippen molar-refractivity contribution in [1.29, 1.82) is 0 Å². The van der Waals surface area contributed by atoms with Crippen LogP contribution in [0.2, 0.25) is 0 Å². The second-order valence-electron chi connectivity index (χ2n) is 4.17. The predicted molar refractivity (Wildman–Crippen MR) is 56.6 cm³/mol. The molecule has 1 fully saturated rings. The lowest BCUT2D eigenvalue weighted by Crippen LogP contribution is -2.49. The second-order valence-corrected chi connectivity index (χ2v) is 5.22. The molecular weight excluding hydrogens is 266 g/mol. The second kappa shape index (κ2) is 4.04. The van der Waals surface area contributed by atoms with Crippen LogP contribution in [-0.2, 0) is 24.2 Å². The Morgan fingerprint density at radius 2 is 2.11 bits per heavy atom. The number of carboxylic acids is 1. The van der Waals surface area contributed by atoms with E-state index < -0.39 is 22.5 Å². The summed E-state index contributed by atoms with van der Waals surface area (Å²) in [4.78, 5) is 23.5. The lowest BCUT2D eigenvalue weighted by atomic mass is 9.99. The van der Waals surface area contributed by atoms with E-state index in [-0.39, 0.29) is 36.1 Å². The van der Waals surface area contributed by atoms with Gasteiger partial charge in [-0.25, -0.2) is 8.98 Å². The van der Waals surface area contributed by atoms with E-state index in [1.54, 1.807) is 0 Å². The molecular formula is C9H11NO7S. The summed E-state index contributed by atoms with van der Waals surface area (Å²) in [5, 5.41) is 9.05. The van der Waals surface area contributed by atoms with Crippen LogP contribution in [0.4, 0.5) is 0 Å². The van der Waals surface area contributed by atoms with Crippen molar-refractivity contribution in [3.8, 4) is 0 Å². The summed E-state index contributed by atoms with van der Waals surface area (Å²) in [5.74, 6) is -1.63. The first kappa shape index (κ1) is 13.0. The van der Waals surface area contributed by atoms with Crippen LogP contribution >= 0.6 is 0 Å². The smallest absolute Gasteiger partial charge is 0.397 e. The molecule has 2 atom stereocenters. The quantitative estimate of drug-likeness (QED) is 0.526. The van der Waals surface area contributed by atoms with Crippen molar-refractivity contribution in [1.82, 2.24) is 4.90 Å². The van der Waals surface area contributed by atoms with Crippen LogP contribution in [-0.4, -0.2) is 47.0 Å². The van der Waals surface area contributed by atoms with E-state index in [0.29, 0.717) is 0 Å². The van der Waals surface area contributed by atoms with E-state index in [1.165, 1.54) is 6.92 Å². The van der Waals surface area contributed by atoms with Gasteiger partial charge in [0.05, 0.1) is 0 Å². The number of nitrogens with zero attached hydrogens (tertiary/aromatic N) is 1. The molecule has 0 saturated carbocycles. The van der Waals surface area contributed by atoms with Gasteiger partial charge in [-0.1, -0.05) is 0 Å². The molecule has 0 aromatic carbocycles. The first-order valence-corrected chi connectivity index (χ1v) is 6.51. The number of amides is 1. The number of fused-ring (bicyclic) bond motifs is 1. The summed E-state index contributed by atoms with van der Waals surface area (Å²) >= 11 is 0. The van der Waals surface area contributed by atoms with Gasteiger partial charge in [-0.05, 0) is 18.9 Å². The Hall–Kier alpha value is -1.45. The summed E-state index contributed by atoms with van der Waals surface area (Å²) in [6.07, 6.45) is -0.646. The molecule has 0 spiro atoms.